The molecule has 0 fully saturated rings. The summed E-state index contributed by atoms with van der Waals surface area (Å²) in [5.74, 6) is 0. The van der Waals surface area contributed by atoms with Gasteiger partial charge in [-0.1, -0.05) is 23.4 Å². The second-order valence-corrected chi connectivity index (χ2v) is 4.34. The van der Waals surface area contributed by atoms with E-state index >= 15 is 0 Å². The largest absolute Gasteiger partial charge is 0.219 e. The van der Waals surface area contributed by atoms with Crippen LogP contribution in [0.1, 0.15) is 6.42 Å². The number of fused-ring (bicyclic) bond motifs is 1. The number of nitrogens with zero attached hydrogens (tertiary/aromatic N) is 3. The van der Waals surface area contributed by atoms with E-state index in [0.29, 0.717) is 0 Å². The average Bonchev–Trinajstić information content (AvgIpc) is 2.89. The van der Waals surface area contributed by atoms with Crippen molar-refractivity contribution in [3.8, 4) is 0 Å². The summed E-state index contributed by atoms with van der Waals surface area (Å²) >= 11 is 1.74. The van der Waals surface area contributed by atoms with Gasteiger partial charge in [0, 0.05) is 11.1 Å². The topological polar surface area (TPSA) is 30.7 Å². The van der Waals surface area contributed by atoms with E-state index in [2.05, 4.69) is 21.8 Å². The first-order valence-corrected chi connectivity index (χ1v) is 5.64. The Kier molecular flexibility index (Phi) is 2.07. The number of benzene rings is 1. The monoisotopic (exact) mass is 215 g/mol. The Labute approximate surface area is 91.5 Å². The summed E-state index contributed by atoms with van der Waals surface area (Å²) in [6, 6.07) is 7.97. The maximum Gasteiger partial charge on any atom is 0.113 e. The van der Waals surface area contributed by atoms with Crippen LogP contribution in [-0.4, -0.2) is 15.0 Å². The van der Waals surface area contributed by atoms with Gasteiger partial charge in [-0.05, 0) is 24.0 Å². The summed E-state index contributed by atoms with van der Waals surface area (Å²) in [5.41, 5.74) is 1.99. The van der Waals surface area contributed by atoms with Crippen LogP contribution in [0.4, 0.5) is 0 Å². The van der Waals surface area contributed by atoms with Crippen molar-refractivity contribution in [2.45, 2.75) is 6.42 Å². The second-order valence-electron chi connectivity index (χ2n) is 3.31. The van der Waals surface area contributed by atoms with Gasteiger partial charge in [0.05, 0.1) is 5.52 Å². The Bertz CT molecular complexity index is 544. The molecule has 3 rings (SSSR count). The van der Waals surface area contributed by atoms with Crippen LogP contribution in [0.2, 0.25) is 0 Å². The van der Waals surface area contributed by atoms with E-state index < -0.39 is 0 Å². The lowest BCUT2D eigenvalue weighted by atomic mass is 10.3. The molecule has 1 aliphatic rings. The van der Waals surface area contributed by atoms with Crippen molar-refractivity contribution in [1.82, 2.24) is 15.0 Å². The molecule has 0 amide bonds. The minimum absolute atomic E-state index is 0.935. The second kappa shape index (κ2) is 3.55. The third-order valence-electron chi connectivity index (χ3n) is 2.28. The molecular formula is C11H9N3S. The van der Waals surface area contributed by atoms with Crippen molar-refractivity contribution in [2.75, 3.05) is 0 Å². The van der Waals surface area contributed by atoms with Gasteiger partial charge in [0.2, 0.25) is 0 Å². The van der Waals surface area contributed by atoms with E-state index in [0.717, 1.165) is 17.5 Å². The van der Waals surface area contributed by atoms with E-state index in [-0.39, 0.29) is 0 Å². The third kappa shape index (κ3) is 1.57. The number of allylic oxidation sites excluding steroid dienone is 2. The zero-order valence-electron chi connectivity index (χ0n) is 8.00. The molecule has 3 nitrogen and oxygen atoms in total. The van der Waals surface area contributed by atoms with Gasteiger partial charge in [0.1, 0.15) is 5.52 Å². The molecule has 0 radical (unpaired) electrons. The molecular weight excluding hydrogens is 206 g/mol. The van der Waals surface area contributed by atoms with Crippen LogP contribution in [0, 0.1) is 0 Å². The highest BCUT2D eigenvalue weighted by atomic mass is 32.2. The zero-order valence-corrected chi connectivity index (χ0v) is 8.81. The van der Waals surface area contributed by atoms with Crippen molar-refractivity contribution in [3.63, 3.8) is 0 Å². The van der Waals surface area contributed by atoms with Crippen molar-refractivity contribution in [1.29, 1.82) is 0 Å². The number of thioether (sulfide) groups is 1. The molecule has 0 saturated heterocycles. The first-order valence-electron chi connectivity index (χ1n) is 4.76. The van der Waals surface area contributed by atoms with Crippen molar-refractivity contribution in [3.05, 3.63) is 40.7 Å². The standard InChI is InChI=1S/C11H9N3S/c1-2-6-11-10(5-1)12-13-14(11)8-9-4-3-7-15-9/h1-3,5-8H,4H2. The molecule has 0 unspecified atom stereocenters. The fourth-order valence-corrected chi connectivity index (χ4v) is 2.27. The minimum atomic E-state index is 0.935. The van der Waals surface area contributed by atoms with E-state index in [1.807, 2.05) is 35.1 Å². The maximum absolute atomic E-state index is 4.11. The molecule has 74 valence electrons. The van der Waals surface area contributed by atoms with Gasteiger partial charge in [0.25, 0.3) is 0 Å². The summed E-state index contributed by atoms with van der Waals surface area (Å²) in [4.78, 5) is 1.30. The zero-order chi connectivity index (χ0) is 10.1. The SMILES string of the molecule is C1=CSC(=Cn2nnc3ccccc32)C1. The molecule has 2 aromatic rings. The van der Waals surface area contributed by atoms with Gasteiger partial charge < -0.3 is 0 Å². The van der Waals surface area contributed by atoms with E-state index in [1.165, 1.54) is 4.91 Å². The quantitative estimate of drug-likeness (QED) is 0.732. The number of hydrogen-bond donors (Lipinski definition) is 0. The lowest BCUT2D eigenvalue weighted by Crippen LogP contribution is -1.89. The first kappa shape index (κ1) is 8.73. The minimum Gasteiger partial charge on any atom is -0.219 e. The van der Waals surface area contributed by atoms with Crippen LogP contribution in [0.15, 0.2) is 40.7 Å². The van der Waals surface area contributed by atoms with Gasteiger partial charge in [-0.15, -0.1) is 16.9 Å². The number of para-hydroxylation sites is 1. The fourth-order valence-electron chi connectivity index (χ4n) is 1.55. The van der Waals surface area contributed by atoms with Crippen molar-refractivity contribution < 1.29 is 0 Å². The highest BCUT2D eigenvalue weighted by Gasteiger charge is 2.04. The van der Waals surface area contributed by atoms with Crippen LogP contribution < -0.4 is 0 Å². The number of aromatic nitrogens is 3. The Balaban J connectivity index is 2.08. The lowest BCUT2D eigenvalue weighted by molar-refractivity contribution is 0.859. The number of hydrogen-bond acceptors (Lipinski definition) is 3. The smallest absolute Gasteiger partial charge is 0.113 e. The third-order valence-corrected chi connectivity index (χ3v) is 3.18. The summed E-state index contributed by atoms with van der Waals surface area (Å²) in [5, 5.41) is 10.3. The van der Waals surface area contributed by atoms with Gasteiger partial charge in [-0.2, -0.15) is 0 Å². The van der Waals surface area contributed by atoms with Crippen molar-refractivity contribution in [2.24, 2.45) is 0 Å². The molecule has 0 N–H and O–H groups in total. The Hall–Kier alpha value is -1.55. The Morgan fingerprint density at radius 2 is 2.27 bits per heavy atom. The summed E-state index contributed by atoms with van der Waals surface area (Å²) in [6.45, 7) is 0. The molecule has 1 aliphatic heterocycles. The van der Waals surface area contributed by atoms with Crippen LogP contribution in [0.5, 0.6) is 0 Å². The molecule has 0 saturated carbocycles. The van der Waals surface area contributed by atoms with Crippen LogP contribution >= 0.6 is 11.8 Å². The molecule has 2 heterocycles. The predicted molar refractivity (Wildman–Crippen MR) is 63.1 cm³/mol. The molecule has 0 aliphatic carbocycles. The van der Waals surface area contributed by atoms with Crippen LogP contribution in [-0.2, 0) is 0 Å². The molecule has 1 aromatic heterocycles. The summed E-state index contributed by atoms with van der Waals surface area (Å²) < 4.78 is 1.84. The average molecular weight is 215 g/mol. The first-order chi connectivity index (χ1) is 7.43. The van der Waals surface area contributed by atoms with Crippen LogP contribution in [0.25, 0.3) is 17.2 Å². The molecule has 0 bridgehead atoms. The van der Waals surface area contributed by atoms with Gasteiger partial charge in [0.15, 0.2) is 0 Å². The molecule has 0 atom stereocenters. The van der Waals surface area contributed by atoms with Crippen LogP contribution in [0.3, 0.4) is 0 Å². The Morgan fingerprint density at radius 1 is 1.33 bits per heavy atom. The molecule has 15 heavy (non-hydrogen) atoms. The highest BCUT2D eigenvalue weighted by Crippen LogP contribution is 2.28. The van der Waals surface area contributed by atoms with E-state index in [4.69, 9.17) is 0 Å². The predicted octanol–water partition coefficient (Wildman–Crippen LogP) is 2.88. The van der Waals surface area contributed by atoms with Gasteiger partial charge in [-0.25, -0.2) is 4.68 Å². The normalized spacial score (nSPS) is 18.0. The Morgan fingerprint density at radius 3 is 3.13 bits per heavy atom. The van der Waals surface area contributed by atoms with Gasteiger partial charge >= 0.3 is 0 Å². The summed E-state index contributed by atoms with van der Waals surface area (Å²) in [6.07, 6.45) is 5.19. The maximum atomic E-state index is 4.11. The van der Waals surface area contributed by atoms with E-state index in [1.54, 1.807) is 11.8 Å². The lowest BCUT2D eigenvalue weighted by Gasteiger charge is -1.96. The highest BCUT2D eigenvalue weighted by molar-refractivity contribution is 8.06. The summed E-state index contributed by atoms with van der Waals surface area (Å²) in [7, 11) is 0. The number of rotatable bonds is 1. The molecule has 0 spiro atoms. The van der Waals surface area contributed by atoms with E-state index in [9.17, 15) is 0 Å². The molecule has 1 aromatic carbocycles. The van der Waals surface area contributed by atoms with Crippen molar-refractivity contribution >= 4 is 29.0 Å². The fraction of sp³-hybridized carbons (Fsp3) is 0.0909. The van der Waals surface area contributed by atoms with Gasteiger partial charge in [-0.3, -0.25) is 0 Å². The molecule has 4 heteroatoms.